The van der Waals surface area contributed by atoms with Crippen molar-refractivity contribution in [3.8, 4) is 17.2 Å². The lowest BCUT2D eigenvalue weighted by atomic mass is 10.3. The van der Waals surface area contributed by atoms with Crippen molar-refractivity contribution in [2.45, 2.75) is 0 Å². The Hall–Kier alpha value is -2.76. The van der Waals surface area contributed by atoms with Crippen molar-refractivity contribution < 1.29 is 19.0 Å². The number of carbonyl (C=O) groups is 1. The third kappa shape index (κ3) is 2.80. The molecule has 0 aliphatic carbocycles. The van der Waals surface area contributed by atoms with Gasteiger partial charge in [0.05, 0.1) is 11.9 Å². The quantitative estimate of drug-likeness (QED) is 0.919. The van der Waals surface area contributed by atoms with Gasteiger partial charge >= 0.3 is 0 Å². The van der Waals surface area contributed by atoms with Crippen LogP contribution in [-0.2, 0) is 4.79 Å². The largest absolute Gasteiger partial charge is 0.484 e. The molecule has 0 saturated heterocycles. The standard InChI is InChI=1S/C14H12N2O4/c17-14(16-10-2-1-5-15-7-10)8-18-11-3-4-12-13(6-11)20-9-19-12/h1-7H,8-9H2,(H,16,17). The van der Waals surface area contributed by atoms with Gasteiger partial charge in [-0.25, -0.2) is 0 Å². The van der Waals surface area contributed by atoms with E-state index in [4.69, 9.17) is 14.2 Å². The van der Waals surface area contributed by atoms with Crippen LogP contribution in [0.4, 0.5) is 5.69 Å². The fourth-order valence-corrected chi connectivity index (χ4v) is 1.75. The fourth-order valence-electron chi connectivity index (χ4n) is 1.75. The molecule has 1 N–H and O–H groups in total. The smallest absolute Gasteiger partial charge is 0.262 e. The van der Waals surface area contributed by atoms with E-state index >= 15 is 0 Å². The summed E-state index contributed by atoms with van der Waals surface area (Å²) in [5, 5.41) is 2.68. The second-order valence-corrected chi connectivity index (χ2v) is 4.09. The van der Waals surface area contributed by atoms with Crippen molar-refractivity contribution in [2.24, 2.45) is 0 Å². The van der Waals surface area contributed by atoms with E-state index in [0.717, 1.165) is 0 Å². The number of rotatable bonds is 4. The zero-order valence-corrected chi connectivity index (χ0v) is 10.5. The van der Waals surface area contributed by atoms with E-state index < -0.39 is 0 Å². The molecule has 0 spiro atoms. The van der Waals surface area contributed by atoms with E-state index in [1.165, 1.54) is 0 Å². The number of ether oxygens (including phenoxy) is 3. The Morgan fingerprint density at radius 1 is 1.30 bits per heavy atom. The van der Waals surface area contributed by atoms with Crippen LogP contribution in [-0.4, -0.2) is 24.3 Å². The third-order valence-corrected chi connectivity index (χ3v) is 2.66. The number of benzene rings is 1. The molecule has 0 fully saturated rings. The SMILES string of the molecule is O=C(COc1ccc2c(c1)OCO2)Nc1cccnc1. The molecule has 1 aliphatic heterocycles. The summed E-state index contributed by atoms with van der Waals surface area (Å²) in [4.78, 5) is 15.6. The molecule has 3 rings (SSSR count). The highest BCUT2D eigenvalue weighted by atomic mass is 16.7. The third-order valence-electron chi connectivity index (χ3n) is 2.66. The van der Waals surface area contributed by atoms with Gasteiger partial charge in [-0.05, 0) is 24.3 Å². The van der Waals surface area contributed by atoms with Crippen LogP contribution in [0.2, 0.25) is 0 Å². The lowest BCUT2D eigenvalue weighted by Gasteiger charge is -2.07. The van der Waals surface area contributed by atoms with Gasteiger partial charge in [-0.3, -0.25) is 9.78 Å². The maximum Gasteiger partial charge on any atom is 0.262 e. The van der Waals surface area contributed by atoms with Crippen LogP contribution >= 0.6 is 0 Å². The minimum absolute atomic E-state index is 0.0888. The molecule has 0 bridgehead atoms. The van der Waals surface area contributed by atoms with E-state index in [0.29, 0.717) is 22.9 Å². The molecule has 1 aliphatic rings. The molecule has 0 radical (unpaired) electrons. The van der Waals surface area contributed by atoms with Crippen molar-refractivity contribution in [3.05, 3.63) is 42.7 Å². The Kier molecular flexibility index (Phi) is 3.36. The summed E-state index contributed by atoms with van der Waals surface area (Å²) in [7, 11) is 0. The van der Waals surface area contributed by atoms with Gasteiger partial charge in [0.2, 0.25) is 6.79 Å². The molecule has 6 heteroatoms. The molecule has 6 nitrogen and oxygen atoms in total. The summed E-state index contributed by atoms with van der Waals surface area (Å²) in [6.45, 7) is 0.120. The van der Waals surface area contributed by atoms with Crippen LogP contribution in [0.1, 0.15) is 0 Å². The van der Waals surface area contributed by atoms with Gasteiger partial charge in [0.25, 0.3) is 5.91 Å². The van der Waals surface area contributed by atoms with E-state index in [1.807, 2.05) is 0 Å². The maximum absolute atomic E-state index is 11.7. The van der Waals surface area contributed by atoms with E-state index in [9.17, 15) is 4.79 Å². The molecule has 20 heavy (non-hydrogen) atoms. The summed E-state index contributed by atoms with van der Waals surface area (Å²) < 4.78 is 15.8. The van der Waals surface area contributed by atoms with Gasteiger partial charge in [0, 0.05) is 12.3 Å². The van der Waals surface area contributed by atoms with E-state index in [-0.39, 0.29) is 19.3 Å². The number of pyridine rings is 1. The highest BCUT2D eigenvalue weighted by molar-refractivity contribution is 5.91. The molecule has 1 amide bonds. The van der Waals surface area contributed by atoms with E-state index in [1.54, 1.807) is 42.7 Å². The zero-order valence-electron chi connectivity index (χ0n) is 10.5. The van der Waals surface area contributed by atoms with Crippen LogP contribution < -0.4 is 19.5 Å². The van der Waals surface area contributed by atoms with Crippen molar-refractivity contribution in [1.29, 1.82) is 0 Å². The number of anilines is 1. The first-order chi connectivity index (χ1) is 9.81. The summed E-state index contributed by atoms with van der Waals surface area (Å²) in [6.07, 6.45) is 3.21. The summed E-state index contributed by atoms with van der Waals surface area (Å²) >= 11 is 0. The summed E-state index contributed by atoms with van der Waals surface area (Å²) in [5.74, 6) is 1.60. The van der Waals surface area contributed by atoms with Crippen molar-refractivity contribution >= 4 is 11.6 Å². The predicted molar refractivity (Wildman–Crippen MR) is 70.9 cm³/mol. The van der Waals surface area contributed by atoms with Crippen molar-refractivity contribution in [2.75, 3.05) is 18.7 Å². The zero-order chi connectivity index (χ0) is 13.8. The Bertz CT molecular complexity index is 616. The highest BCUT2D eigenvalue weighted by Crippen LogP contribution is 2.34. The molecule has 102 valence electrons. The number of nitrogens with zero attached hydrogens (tertiary/aromatic N) is 1. The summed E-state index contributed by atoms with van der Waals surface area (Å²) in [6, 6.07) is 8.67. The van der Waals surface area contributed by atoms with Crippen LogP contribution in [0.5, 0.6) is 17.2 Å². The Labute approximate surface area is 115 Å². The number of carbonyl (C=O) groups excluding carboxylic acids is 1. The first-order valence-corrected chi connectivity index (χ1v) is 6.03. The first kappa shape index (κ1) is 12.3. The lowest BCUT2D eigenvalue weighted by molar-refractivity contribution is -0.118. The van der Waals surface area contributed by atoms with Crippen LogP contribution in [0.3, 0.4) is 0 Å². The van der Waals surface area contributed by atoms with Crippen LogP contribution in [0.25, 0.3) is 0 Å². The van der Waals surface area contributed by atoms with Gasteiger partial charge < -0.3 is 19.5 Å². The molecule has 0 unspecified atom stereocenters. The fraction of sp³-hybridized carbons (Fsp3) is 0.143. The second-order valence-electron chi connectivity index (χ2n) is 4.09. The molecular formula is C14H12N2O4. The topological polar surface area (TPSA) is 69.7 Å². The van der Waals surface area contributed by atoms with E-state index in [2.05, 4.69) is 10.3 Å². The Morgan fingerprint density at radius 2 is 2.20 bits per heavy atom. The molecule has 2 aromatic rings. The Balaban J connectivity index is 1.55. The normalized spacial score (nSPS) is 12.0. The Morgan fingerprint density at radius 3 is 3.05 bits per heavy atom. The summed E-state index contributed by atoms with van der Waals surface area (Å²) in [5.41, 5.74) is 0.631. The monoisotopic (exact) mass is 272 g/mol. The van der Waals surface area contributed by atoms with Gasteiger partial charge in [-0.2, -0.15) is 0 Å². The number of amides is 1. The number of nitrogens with one attached hydrogen (secondary N) is 1. The average Bonchev–Trinajstić information content (AvgIpc) is 2.93. The molecule has 1 aromatic heterocycles. The average molecular weight is 272 g/mol. The minimum Gasteiger partial charge on any atom is -0.484 e. The van der Waals surface area contributed by atoms with Crippen molar-refractivity contribution in [3.63, 3.8) is 0 Å². The predicted octanol–water partition coefficient (Wildman–Crippen LogP) is 1.83. The number of hydrogen-bond donors (Lipinski definition) is 1. The molecule has 1 aromatic carbocycles. The number of fused-ring (bicyclic) bond motifs is 1. The van der Waals surface area contributed by atoms with Crippen molar-refractivity contribution in [1.82, 2.24) is 4.98 Å². The molecular weight excluding hydrogens is 260 g/mol. The molecule has 2 heterocycles. The number of hydrogen-bond acceptors (Lipinski definition) is 5. The van der Waals surface area contributed by atoms with Gasteiger partial charge in [0.15, 0.2) is 18.1 Å². The minimum atomic E-state index is -0.254. The van der Waals surface area contributed by atoms with Gasteiger partial charge in [0.1, 0.15) is 5.75 Å². The first-order valence-electron chi connectivity index (χ1n) is 6.03. The van der Waals surface area contributed by atoms with Gasteiger partial charge in [-0.1, -0.05) is 0 Å². The lowest BCUT2D eigenvalue weighted by Crippen LogP contribution is -2.20. The molecule has 0 atom stereocenters. The maximum atomic E-state index is 11.7. The van der Waals surface area contributed by atoms with Crippen LogP contribution in [0, 0.1) is 0 Å². The van der Waals surface area contributed by atoms with Crippen LogP contribution in [0.15, 0.2) is 42.7 Å². The second kappa shape index (κ2) is 5.48. The number of aromatic nitrogens is 1. The van der Waals surface area contributed by atoms with Gasteiger partial charge in [-0.15, -0.1) is 0 Å². The highest BCUT2D eigenvalue weighted by Gasteiger charge is 2.14. The molecule has 0 saturated carbocycles.